The van der Waals surface area contributed by atoms with Crippen molar-refractivity contribution >= 4 is 6.08 Å². The fourth-order valence-electron chi connectivity index (χ4n) is 1.60. The van der Waals surface area contributed by atoms with E-state index in [0.717, 1.165) is 30.9 Å². The van der Waals surface area contributed by atoms with E-state index in [2.05, 4.69) is 12.1 Å². The van der Waals surface area contributed by atoms with Gasteiger partial charge < -0.3 is 9.47 Å². The first-order chi connectivity index (χ1) is 6.90. The van der Waals surface area contributed by atoms with Crippen molar-refractivity contribution in [2.24, 2.45) is 0 Å². The molecule has 0 unspecified atom stereocenters. The number of hydrogen-bond acceptors (Lipinski definition) is 2. The molecular weight excluding hydrogens is 176 g/mol. The molecule has 1 aromatic carbocycles. The molecule has 1 saturated heterocycles. The molecule has 1 fully saturated rings. The van der Waals surface area contributed by atoms with Gasteiger partial charge in [0.15, 0.2) is 0 Å². The Morgan fingerprint density at radius 2 is 2.21 bits per heavy atom. The van der Waals surface area contributed by atoms with E-state index in [-0.39, 0.29) is 0 Å². The highest BCUT2D eigenvalue weighted by Crippen LogP contribution is 2.23. The van der Waals surface area contributed by atoms with Crippen molar-refractivity contribution in [3.8, 4) is 5.75 Å². The Hall–Kier alpha value is -1.28. The molecule has 1 heterocycles. The predicted molar refractivity (Wildman–Crippen MR) is 56.4 cm³/mol. The van der Waals surface area contributed by atoms with E-state index in [0.29, 0.717) is 0 Å². The Labute approximate surface area is 84.2 Å². The molecule has 1 aliphatic rings. The van der Waals surface area contributed by atoms with Crippen molar-refractivity contribution in [3.05, 3.63) is 35.4 Å². The van der Waals surface area contributed by atoms with Crippen molar-refractivity contribution in [3.63, 3.8) is 0 Å². The van der Waals surface area contributed by atoms with Crippen LogP contribution in [-0.2, 0) is 4.74 Å². The number of ether oxygens (including phenoxy) is 2. The van der Waals surface area contributed by atoms with Gasteiger partial charge >= 0.3 is 0 Å². The van der Waals surface area contributed by atoms with Gasteiger partial charge in [0, 0.05) is 5.56 Å². The van der Waals surface area contributed by atoms with E-state index in [4.69, 9.17) is 9.47 Å². The molecule has 0 bridgehead atoms. The first-order valence-corrected chi connectivity index (χ1v) is 4.80. The van der Waals surface area contributed by atoms with E-state index in [1.54, 1.807) is 7.11 Å². The van der Waals surface area contributed by atoms with E-state index in [1.807, 2.05) is 18.2 Å². The second-order valence-corrected chi connectivity index (χ2v) is 3.35. The van der Waals surface area contributed by atoms with Crippen LogP contribution < -0.4 is 4.74 Å². The molecular formula is C12H14O2. The van der Waals surface area contributed by atoms with Crippen LogP contribution in [-0.4, -0.2) is 20.3 Å². The van der Waals surface area contributed by atoms with Crippen LogP contribution in [0.1, 0.15) is 12.0 Å². The van der Waals surface area contributed by atoms with Gasteiger partial charge in [-0.15, -0.1) is 0 Å². The van der Waals surface area contributed by atoms with Gasteiger partial charge in [-0.3, -0.25) is 0 Å². The number of para-hydroxylation sites is 1. The minimum Gasteiger partial charge on any atom is -0.496 e. The molecule has 0 spiro atoms. The number of benzene rings is 1. The van der Waals surface area contributed by atoms with Crippen LogP contribution in [0.5, 0.6) is 5.75 Å². The molecule has 0 aromatic heterocycles. The summed E-state index contributed by atoms with van der Waals surface area (Å²) in [6.45, 7) is 1.61. The highest BCUT2D eigenvalue weighted by Gasteiger charge is 2.07. The van der Waals surface area contributed by atoms with E-state index < -0.39 is 0 Å². The van der Waals surface area contributed by atoms with Crippen molar-refractivity contribution in [1.82, 2.24) is 0 Å². The van der Waals surface area contributed by atoms with Gasteiger partial charge in [-0.1, -0.05) is 18.2 Å². The molecule has 2 rings (SSSR count). The van der Waals surface area contributed by atoms with Crippen molar-refractivity contribution in [2.45, 2.75) is 6.42 Å². The monoisotopic (exact) mass is 190 g/mol. The van der Waals surface area contributed by atoms with Crippen LogP contribution in [0, 0.1) is 0 Å². The molecule has 74 valence electrons. The third-order valence-electron chi connectivity index (χ3n) is 2.35. The maximum Gasteiger partial charge on any atom is 0.126 e. The van der Waals surface area contributed by atoms with Crippen molar-refractivity contribution in [1.29, 1.82) is 0 Å². The van der Waals surface area contributed by atoms with Crippen LogP contribution in [0.3, 0.4) is 0 Å². The van der Waals surface area contributed by atoms with Gasteiger partial charge in [0.1, 0.15) is 5.75 Å². The molecule has 1 aliphatic heterocycles. The molecule has 2 nitrogen and oxygen atoms in total. The minimum absolute atomic E-state index is 0.762. The highest BCUT2D eigenvalue weighted by atomic mass is 16.5. The topological polar surface area (TPSA) is 18.5 Å². The lowest BCUT2D eigenvalue weighted by atomic mass is 10.1. The number of hydrogen-bond donors (Lipinski definition) is 0. The van der Waals surface area contributed by atoms with E-state index in [1.165, 1.54) is 5.57 Å². The first-order valence-electron chi connectivity index (χ1n) is 4.80. The van der Waals surface area contributed by atoms with E-state index in [9.17, 15) is 0 Å². The Kier molecular flexibility index (Phi) is 2.84. The number of methoxy groups -OCH3 is 1. The molecule has 2 heteroatoms. The molecule has 14 heavy (non-hydrogen) atoms. The molecule has 0 atom stereocenters. The molecule has 1 aromatic rings. The smallest absolute Gasteiger partial charge is 0.126 e. The average Bonchev–Trinajstić information content (AvgIpc) is 2.71. The highest BCUT2D eigenvalue weighted by molar-refractivity contribution is 5.60. The average molecular weight is 190 g/mol. The zero-order chi connectivity index (χ0) is 9.80. The largest absolute Gasteiger partial charge is 0.496 e. The Morgan fingerprint density at radius 1 is 1.36 bits per heavy atom. The maximum absolute atomic E-state index is 5.29. The summed E-state index contributed by atoms with van der Waals surface area (Å²) in [4.78, 5) is 0. The summed E-state index contributed by atoms with van der Waals surface area (Å²) in [7, 11) is 1.70. The van der Waals surface area contributed by atoms with Gasteiger partial charge in [-0.05, 0) is 24.1 Å². The van der Waals surface area contributed by atoms with Gasteiger partial charge in [0.05, 0.1) is 20.3 Å². The third kappa shape index (κ3) is 1.96. The quantitative estimate of drug-likeness (QED) is 0.713. The van der Waals surface area contributed by atoms with Gasteiger partial charge in [0.25, 0.3) is 0 Å². The summed E-state index contributed by atoms with van der Waals surface area (Å²) < 4.78 is 10.6. The fourth-order valence-corrected chi connectivity index (χ4v) is 1.60. The zero-order valence-electron chi connectivity index (χ0n) is 8.32. The normalized spacial score (nSPS) is 18.8. The van der Waals surface area contributed by atoms with Crippen LogP contribution in [0.15, 0.2) is 29.8 Å². The first kappa shape index (κ1) is 9.28. The zero-order valence-corrected chi connectivity index (χ0v) is 8.32. The Balaban J connectivity index is 2.26. The molecule has 0 aliphatic carbocycles. The minimum atomic E-state index is 0.762. The molecule has 0 N–H and O–H groups in total. The Bertz CT molecular complexity index is 334. The molecule has 0 radical (unpaired) electrons. The van der Waals surface area contributed by atoms with Crippen molar-refractivity contribution in [2.75, 3.05) is 20.3 Å². The van der Waals surface area contributed by atoms with Crippen LogP contribution in [0.4, 0.5) is 0 Å². The standard InChI is InChI=1S/C12H14O2/c1-13-12-5-3-2-4-11(12)8-10-6-7-14-9-10/h2-5,8H,6-7,9H2,1H3/b10-8+. The lowest BCUT2D eigenvalue weighted by molar-refractivity contribution is 0.205. The number of rotatable bonds is 2. The van der Waals surface area contributed by atoms with Crippen LogP contribution in [0.25, 0.3) is 6.08 Å². The van der Waals surface area contributed by atoms with Crippen LogP contribution >= 0.6 is 0 Å². The second kappa shape index (κ2) is 4.29. The summed E-state index contributed by atoms with van der Waals surface area (Å²) in [5.74, 6) is 0.923. The summed E-state index contributed by atoms with van der Waals surface area (Å²) in [5.41, 5.74) is 2.48. The van der Waals surface area contributed by atoms with Crippen molar-refractivity contribution < 1.29 is 9.47 Å². The second-order valence-electron chi connectivity index (χ2n) is 3.35. The molecule has 0 amide bonds. The summed E-state index contributed by atoms with van der Waals surface area (Å²) in [6.07, 6.45) is 3.20. The molecule has 0 saturated carbocycles. The Morgan fingerprint density at radius 3 is 2.93 bits per heavy atom. The lowest BCUT2D eigenvalue weighted by Crippen LogP contribution is -1.87. The maximum atomic E-state index is 5.29. The lowest BCUT2D eigenvalue weighted by Gasteiger charge is -2.04. The van der Waals surface area contributed by atoms with E-state index >= 15 is 0 Å². The predicted octanol–water partition coefficient (Wildman–Crippen LogP) is 2.50. The third-order valence-corrected chi connectivity index (χ3v) is 2.35. The van der Waals surface area contributed by atoms with Gasteiger partial charge in [-0.25, -0.2) is 0 Å². The fraction of sp³-hybridized carbons (Fsp3) is 0.333. The van der Waals surface area contributed by atoms with Crippen LogP contribution in [0.2, 0.25) is 0 Å². The SMILES string of the molecule is COc1ccccc1/C=C1\CCOC1. The van der Waals surface area contributed by atoms with Gasteiger partial charge in [0.2, 0.25) is 0 Å². The summed E-state index contributed by atoms with van der Waals surface area (Å²) in [5, 5.41) is 0. The summed E-state index contributed by atoms with van der Waals surface area (Å²) in [6, 6.07) is 8.03. The summed E-state index contributed by atoms with van der Waals surface area (Å²) >= 11 is 0. The van der Waals surface area contributed by atoms with Gasteiger partial charge in [-0.2, -0.15) is 0 Å².